The molecule has 30 heavy (non-hydrogen) atoms. The van der Waals surface area contributed by atoms with Crippen molar-refractivity contribution in [2.24, 2.45) is 0 Å². The van der Waals surface area contributed by atoms with Crippen LogP contribution in [0.4, 0.5) is 5.13 Å². The van der Waals surface area contributed by atoms with E-state index in [9.17, 15) is 9.59 Å². The van der Waals surface area contributed by atoms with Crippen molar-refractivity contribution in [3.63, 3.8) is 0 Å². The molecule has 0 fully saturated rings. The summed E-state index contributed by atoms with van der Waals surface area (Å²) < 4.78 is 10.8. The zero-order valence-corrected chi connectivity index (χ0v) is 18.2. The summed E-state index contributed by atoms with van der Waals surface area (Å²) in [5.41, 5.74) is 1.97. The molecule has 0 saturated heterocycles. The zero-order chi connectivity index (χ0) is 21.1. The minimum Gasteiger partial charge on any atom is -0.454 e. The van der Waals surface area contributed by atoms with Gasteiger partial charge < -0.3 is 20.1 Å². The average molecular weight is 444 g/mol. The number of anilines is 1. The van der Waals surface area contributed by atoms with Crippen molar-refractivity contribution in [2.75, 3.05) is 12.1 Å². The number of aromatic nitrogens is 1. The van der Waals surface area contributed by atoms with E-state index in [4.69, 9.17) is 9.47 Å². The highest BCUT2D eigenvalue weighted by molar-refractivity contribution is 7.15. The molecule has 0 saturated carbocycles. The van der Waals surface area contributed by atoms with E-state index >= 15 is 0 Å². The van der Waals surface area contributed by atoms with Gasteiger partial charge in [0.25, 0.3) is 0 Å². The predicted molar refractivity (Wildman–Crippen MR) is 116 cm³/mol. The van der Waals surface area contributed by atoms with Crippen molar-refractivity contribution in [2.45, 2.75) is 32.7 Å². The van der Waals surface area contributed by atoms with Crippen LogP contribution in [0.25, 0.3) is 0 Å². The Hall–Kier alpha value is -2.91. The summed E-state index contributed by atoms with van der Waals surface area (Å²) >= 11 is 2.97. The summed E-state index contributed by atoms with van der Waals surface area (Å²) in [6.07, 6.45) is 0.843. The Kier molecular flexibility index (Phi) is 6.01. The van der Waals surface area contributed by atoms with Crippen molar-refractivity contribution in [1.29, 1.82) is 0 Å². The van der Waals surface area contributed by atoms with Crippen molar-refractivity contribution in [3.05, 3.63) is 56.7 Å². The number of thiophene rings is 1. The Bertz CT molecular complexity index is 1060. The third-order valence-electron chi connectivity index (χ3n) is 4.59. The summed E-state index contributed by atoms with van der Waals surface area (Å²) in [4.78, 5) is 30.6. The van der Waals surface area contributed by atoms with Gasteiger partial charge in [-0.05, 0) is 36.1 Å². The quantitative estimate of drug-likeness (QED) is 0.575. The van der Waals surface area contributed by atoms with Crippen LogP contribution >= 0.6 is 22.7 Å². The van der Waals surface area contributed by atoms with E-state index in [1.807, 2.05) is 42.6 Å². The zero-order valence-electron chi connectivity index (χ0n) is 16.6. The first kappa shape index (κ1) is 20.4. The number of hydrogen-bond acceptors (Lipinski definition) is 7. The molecule has 1 aliphatic heterocycles. The van der Waals surface area contributed by atoms with Crippen LogP contribution in [0.1, 0.15) is 40.4 Å². The van der Waals surface area contributed by atoms with Crippen LogP contribution in [0.2, 0.25) is 0 Å². The van der Waals surface area contributed by atoms with Gasteiger partial charge in [-0.3, -0.25) is 9.59 Å². The van der Waals surface area contributed by atoms with E-state index in [-0.39, 0.29) is 31.1 Å². The first-order chi connectivity index (χ1) is 14.5. The van der Waals surface area contributed by atoms with Crippen LogP contribution in [-0.4, -0.2) is 23.6 Å². The largest absolute Gasteiger partial charge is 0.454 e. The van der Waals surface area contributed by atoms with Gasteiger partial charge in [0.05, 0.1) is 18.2 Å². The van der Waals surface area contributed by atoms with Gasteiger partial charge in [0.15, 0.2) is 16.6 Å². The molecule has 2 N–H and O–H groups in total. The van der Waals surface area contributed by atoms with Crippen molar-refractivity contribution >= 4 is 39.6 Å². The standard InChI is InChI=1S/C21H21N3O4S2/c1-12-19(9-14-5-6-16-17(8-14)28-11-27-16)30-21(22-12)24-20(26)10-15(23-13(2)25)18-4-3-7-29-18/h3-8,15H,9-11H2,1-2H3,(H,23,25)(H,22,24,26)/t15-/m1/s1. The summed E-state index contributed by atoms with van der Waals surface area (Å²) in [6, 6.07) is 9.35. The third-order valence-corrected chi connectivity index (χ3v) is 6.65. The maximum Gasteiger partial charge on any atom is 0.231 e. The SMILES string of the molecule is CC(=O)N[C@H](CC(=O)Nc1nc(C)c(Cc2ccc3c(c2)OCO3)s1)c1cccs1. The number of carbonyl (C=O) groups excluding carboxylic acids is 2. The fourth-order valence-electron chi connectivity index (χ4n) is 3.20. The molecule has 2 amide bonds. The van der Waals surface area contributed by atoms with E-state index in [0.29, 0.717) is 11.6 Å². The molecule has 0 bridgehead atoms. The predicted octanol–water partition coefficient (Wildman–Crippen LogP) is 4.04. The van der Waals surface area contributed by atoms with E-state index in [0.717, 1.165) is 32.5 Å². The second-order valence-electron chi connectivity index (χ2n) is 6.91. The number of aryl methyl sites for hydroxylation is 1. The van der Waals surface area contributed by atoms with Crippen molar-refractivity contribution in [1.82, 2.24) is 10.3 Å². The van der Waals surface area contributed by atoms with Crippen LogP contribution < -0.4 is 20.1 Å². The Morgan fingerprint density at radius 1 is 1.23 bits per heavy atom. The van der Waals surface area contributed by atoms with Crippen molar-refractivity contribution in [3.8, 4) is 11.5 Å². The Balaban J connectivity index is 1.41. The lowest BCUT2D eigenvalue weighted by molar-refractivity contribution is -0.120. The summed E-state index contributed by atoms with van der Waals surface area (Å²) in [5.74, 6) is 1.15. The number of fused-ring (bicyclic) bond motifs is 1. The van der Waals surface area contributed by atoms with Gasteiger partial charge in [-0.1, -0.05) is 12.1 Å². The van der Waals surface area contributed by atoms with Crippen LogP contribution in [-0.2, 0) is 16.0 Å². The summed E-state index contributed by atoms with van der Waals surface area (Å²) in [6.45, 7) is 3.63. The lowest BCUT2D eigenvalue weighted by Crippen LogP contribution is -2.29. The molecule has 0 radical (unpaired) electrons. The molecule has 1 atom stereocenters. The summed E-state index contributed by atoms with van der Waals surface area (Å²) in [5, 5.41) is 8.20. The van der Waals surface area contributed by atoms with Gasteiger partial charge in [0.1, 0.15) is 0 Å². The fourth-order valence-corrected chi connectivity index (χ4v) is 4.99. The molecule has 3 aromatic rings. The number of nitrogens with zero attached hydrogens (tertiary/aromatic N) is 1. The topological polar surface area (TPSA) is 89.6 Å². The fraction of sp³-hybridized carbons (Fsp3) is 0.286. The average Bonchev–Trinajstić information content (AvgIpc) is 3.42. The molecular weight excluding hydrogens is 422 g/mol. The highest BCUT2D eigenvalue weighted by atomic mass is 32.1. The van der Waals surface area contributed by atoms with E-state index < -0.39 is 0 Å². The van der Waals surface area contributed by atoms with E-state index in [1.165, 1.54) is 29.6 Å². The first-order valence-corrected chi connectivity index (χ1v) is 11.1. The molecule has 1 aromatic carbocycles. The third kappa shape index (κ3) is 4.80. The number of hydrogen-bond donors (Lipinski definition) is 2. The Labute approximate surface area is 182 Å². The highest BCUT2D eigenvalue weighted by Gasteiger charge is 2.20. The Morgan fingerprint density at radius 2 is 2.07 bits per heavy atom. The van der Waals surface area contributed by atoms with Gasteiger partial charge in [-0.25, -0.2) is 4.98 Å². The first-order valence-electron chi connectivity index (χ1n) is 9.43. The molecular formula is C21H21N3O4S2. The van der Waals surface area contributed by atoms with Gasteiger partial charge in [0, 0.05) is 23.1 Å². The molecule has 0 unspecified atom stereocenters. The number of nitrogens with one attached hydrogen (secondary N) is 2. The second kappa shape index (κ2) is 8.85. The molecule has 1 aliphatic rings. The van der Waals surface area contributed by atoms with Crippen LogP contribution in [0.15, 0.2) is 35.7 Å². The number of amides is 2. The smallest absolute Gasteiger partial charge is 0.231 e. The Morgan fingerprint density at radius 3 is 2.83 bits per heavy atom. The molecule has 0 spiro atoms. The molecule has 9 heteroatoms. The molecule has 156 valence electrons. The molecule has 0 aliphatic carbocycles. The number of thiazole rings is 1. The van der Waals surface area contributed by atoms with Crippen LogP contribution in [0.5, 0.6) is 11.5 Å². The molecule has 2 aromatic heterocycles. The van der Waals surface area contributed by atoms with E-state index in [1.54, 1.807) is 0 Å². The maximum atomic E-state index is 12.6. The number of rotatable bonds is 7. The monoisotopic (exact) mass is 443 g/mol. The lowest BCUT2D eigenvalue weighted by Gasteiger charge is -2.15. The van der Waals surface area contributed by atoms with Crippen molar-refractivity contribution < 1.29 is 19.1 Å². The van der Waals surface area contributed by atoms with Gasteiger partial charge in [0.2, 0.25) is 18.6 Å². The molecule has 4 rings (SSSR count). The van der Waals surface area contributed by atoms with Gasteiger partial charge in [-0.15, -0.1) is 22.7 Å². The second-order valence-corrected chi connectivity index (χ2v) is 8.98. The summed E-state index contributed by atoms with van der Waals surface area (Å²) in [7, 11) is 0. The molecule has 7 nitrogen and oxygen atoms in total. The normalized spacial score (nSPS) is 13.1. The number of carbonyl (C=O) groups is 2. The highest BCUT2D eigenvalue weighted by Crippen LogP contribution is 2.34. The van der Waals surface area contributed by atoms with Crippen LogP contribution in [0, 0.1) is 6.92 Å². The van der Waals surface area contributed by atoms with Gasteiger partial charge in [-0.2, -0.15) is 0 Å². The van der Waals surface area contributed by atoms with E-state index in [2.05, 4.69) is 15.6 Å². The number of benzene rings is 1. The lowest BCUT2D eigenvalue weighted by atomic mass is 10.1. The van der Waals surface area contributed by atoms with Crippen LogP contribution in [0.3, 0.4) is 0 Å². The minimum absolute atomic E-state index is 0.149. The molecule has 3 heterocycles. The number of ether oxygens (including phenoxy) is 2. The van der Waals surface area contributed by atoms with Gasteiger partial charge >= 0.3 is 0 Å². The maximum absolute atomic E-state index is 12.6. The minimum atomic E-state index is -0.350.